The monoisotopic (exact) mass is 288 g/mol. The number of carbonyl (C=O) groups excluding carboxylic acids is 1. The summed E-state index contributed by atoms with van der Waals surface area (Å²) in [6.07, 6.45) is 0.829. The molecule has 0 saturated carbocycles. The standard InChI is InChI=1S/C15H20N4O2/c1-11(12-6-4-3-5-7-12)19-9-8-13(10-17-18-16)14(19)15(20)21-2/h3-7,11,13-14H,8-10H2,1-2H3/t11-,13-,14-/m1/s1. The third-order valence-corrected chi connectivity index (χ3v) is 4.16. The van der Waals surface area contributed by atoms with Gasteiger partial charge in [0.25, 0.3) is 0 Å². The Morgan fingerprint density at radius 3 is 2.86 bits per heavy atom. The number of benzene rings is 1. The molecular formula is C15H20N4O2. The van der Waals surface area contributed by atoms with Gasteiger partial charge in [-0.3, -0.25) is 9.69 Å². The van der Waals surface area contributed by atoms with Crippen LogP contribution in [-0.2, 0) is 9.53 Å². The van der Waals surface area contributed by atoms with E-state index in [1.807, 2.05) is 18.2 Å². The summed E-state index contributed by atoms with van der Waals surface area (Å²) in [5.74, 6) is -0.243. The quantitative estimate of drug-likeness (QED) is 0.361. The lowest BCUT2D eigenvalue weighted by atomic mass is 9.99. The zero-order valence-electron chi connectivity index (χ0n) is 12.3. The molecule has 1 aliphatic rings. The van der Waals surface area contributed by atoms with Crippen LogP contribution in [-0.4, -0.2) is 37.1 Å². The maximum atomic E-state index is 12.1. The highest BCUT2D eigenvalue weighted by atomic mass is 16.5. The maximum absolute atomic E-state index is 12.1. The van der Waals surface area contributed by atoms with Gasteiger partial charge in [-0.1, -0.05) is 35.4 Å². The van der Waals surface area contributed by atoms with Crippen molar-refractivity contribution in [1.29, 1.82) is 0 Å². The summed E-state index contributed by atoms with van der Waals surface area (Å²) in [5.41, 5.74) is 9.65. The fourth-order valence-electron chi connectivity index (χ4n) is 3.02. The zero-order chi connectivity index (χ0) is 15.2. The summed E-state index contributed by atoms with van der Waals surface area (Å²) in [5, 5.41) is 3.63. The summed E-state index contributed by atoms with van der Waals surface area (Å²) in [6.45, 7) is 3.21. The Hall–Kier alpha value is -2.04. The van der Waals surface area contributed by atoms with E-state index in [9.17, 15) is 4.79 Å². The average molecular weight is 288 g/mol. The lowest BCUT2D eigenvalue weighted by Gasteiger charge is -2.31. The molecule has 112 valence electrons. The van der Waals surface area contributed by atoms with Crippen molar-refractivity contribution in [2.75, 3.05) is 20.2 Å². The number of hydrogen-bond acceptors (Lipinski definition) is 4. The number of ether oxygens (including phenoxy) is 1. The van der Waals surface area contributed by atoms with Crippen LogP contribution < -0.4 is 0 Å². The van der Waals surface area contributed by atoms with E-state index in [0.717, 1.165) is 18.5 Å². The number of methoxy groups -OCH3 is 1. The van der Waals surface area contributed by atoms with Gasteiger partial charge in [0.1, 0.15) is 6.04 Å². The zero-order valence-corrected chi connectivity index (χ0v) is 12.3. The van der Waals surface area contributed by atoms with Crippen molar-refractivity contribution in [3.63, 3.8) is 0 Å². The number of carbonyl (C=O) groups is 1. The van der Waals surface area contributed by atoms with Gasteiger partial charge >= 0.3 is 5.97 Å². The van der Waals surface area contributed by atoms with Crippen molar-refractivity contribution < 1.29 is 9.53 Å². The van der Waals surface area contributed by atoms with Gasteiger partial charge in [-0.05, 0) is 36.9 Å². The molecule has 0 aromatic heterocycles. The first-order chi connectivity index (χ1) is 10.2. The highest BCUT2D eigenvalue weighted by Crippen LogP contribution is 2.33. The summed E-state index contributed by atoms with van der Waals surface area (Å²) >= 11 is 0. The van der Waals surface area contributed by atoms with Gasteiger partial charge in [0.05, 0.1) is 7.11 Å². The van der Waals surface area contributed by atoms with E-state index in [1.165, 1.54) is 7.11 Å². The molecule has 1 aromatic rings. The molecule has 1 aromatic carbocycles. The first-order valence-electron chi connectivity index (χ1n) is 7.08. The molecule has 21 heavy (non-hydrogen) atoms. The molecule has 1 saturated heterocycles. The Bertz CT molecular complexity index is 528. The second kappa shape index (κ2) is 7.11. The number of hydrogen-bond donors (Lipinski definition) is 0. The van der Waals surface area contributed by atoms with Crippen molar-refractivity contribution in [2.45, 2.75) is 25.4 Å². The van der Waals surface area contributed by atoms with Crippen LogP contribution in [0.5, 0.6) is 0 Å². The predicted molar refractivity (Wildman–Crippen MR) is 79.5 cm³/mol. The van der Waals surface area contributed by atoms with Gasteiger partial charge < -0.3 is 4.74 Å². The predicted octanol–water partition coefficient (Wildman–Crippen LogP) is 2.92. The number of rotatable bonds is 5. The summed E-state index contributed by atoms with van der Waals surface area (Å²) in [6, 6.07) is 9.84. The summed E-state index contributed by atoms with van der Waals surface area (Å²) < 4.78 is 4.95. The van der Waals surface area contributed by atoms with Crippen molar-refractivity contribution >= 4 is 5.97 Å². The Labute approximate surface area is 124 Å². The SMILES string of the molecule is COC(=O)[C@H]1[C@@H](CN=[N+]=[N-])CCN1[C@H](C)c1ccccc1. The van der Waals surface area contributed by atoms with Gasteiger partial charge in [0.15, 0.2) is 0 Å². The third-order valence-electron chi connectivity index (χ3n) is 4.16. The van der Waals surface area contributed by atoms with Crippen LogP contribution in [0.4, 0.5) is 0 Å². The molecule has 0 spiro atoms. The van der Waals surface area contributed by atoms with Crippen LogP contribution in [0.3, 0.4) is 0 Å². The Balaban J connectivity index is 2.21. The number of esters is 1. The minimum Gasteiger partial charge on any atom is -0.468 e. The van der Waals surface area contributed by atoms with Crippen LogP contribution in [0.25, 0.3) is 10.4 Å². The normalized spacial score (nSPS) is 23.3. The molecule has 1 aliphatic heterocycles. The van der Waals surface area contributed by atoms with Crippen LogP contribution >= 0.6 is 0 Å². The molecule has 6 nitrogen and oxygen atoms in total. The highest BCUT2D eigenvalue weighted by Gasteiger charge is 2.41. The largest absolute Gasteiger partial charge is 0.468 e. The van der Waals surface area contributed by atoms with Crippen molar-refractivity contribution in [2.24, 2.45) is 11.0 Å². The molecule has 0 amide bonds. The van der Waals surface area contributed by atoms with E-state index in [0.29, 0.717) is 6.54 Å². The van der Waals surface area contributed by atoms with Crippen LogP contribution in [0.15, 0.2) is 35.4 Å². The fourth-order valence-corrected chi connectivity index (χ4v) is 3.02. The number of nitrogens with zero attached hydrogens (tertiary/aromatic N) is 4. The molecule has 1 fully saturated rings. The highest BCUT2D eigenvalue weighted by molar-refractivity contribution is 5.76. The van der Waals surface area contributed by atoms with Gasteiger partial charge in [-0.2, -0.15) is 0 Å². The van der Waals surface area contributed by atoms with Gasteiger partial charge in [-0.25, -0.2) is 0 Å². The lowest BCUT2D eigenvalue weighted by Crippen LogP contribution is -2.42. The van der Waals surface area contributed by atoms with Gasteiger partial charge in [-0.15, -0.1) is 0 Å². The third kappa shape index (κ3) is 3.35. The molecule has 0 bridgehead atoms. The molecule has 6 heteroatoms. The van der Waals surface area contributed by atoms with Crippen molar-refractivity contribution in [3.8, 4) is 0 Å². The van der Waals surface area contributed by atoms with Crippen molar-refractivity contribution in [1.82, 2.24) is 4.90 Å². The summed E-state index contributed by atoms with van der Waals surface area (Å²) in [4.78, 5) is 17.1. The fraction of sp³-hybridized carbons (Fsp3) is 0.533. The van der Waals surface area contributed by atoms with E-state index in [4.69, 9.17) is 10.3 Å². The average Bonchev–Trinajstić information content (AvgIpc) is 2.96. The van der Waals surface area contributed by atoms with Crippen LogP contribution in [0.1, 0.15) is 24.9 Å². The number of azide groups is 1. The summed E-state index contributed by atoms with van der Waals surface area (Å²) in [7, 11) is 1.40. The molecule has 0 N–H and O–H groups in total. The molecule has 2 rings (SSSR count). The number of likely N-dealkylation sites (tertiary alicyclic amines) is 1. The van der Waals surface area contributed by atoms with Crippen LogP contribution in [0.2, 0.25) is 0 Å². The van der Waals surface area contributed by atoms with Gasteiger partial charge in [0.2, 0.25) is 0 Å². The Morgan fingerprint density at radius 2 is 2.24 bits per heavy atom. The first kappa shape index (κ1) is 15.4. The van der Waals surface area contributed by atoms with Crippen LogP contribution in [0, 0.1) is 5.92 Å². The molecule has 1 heterocycles. The topological polar surface area (TPSA) is 78.3 Å². The van der Waals surface area contributed by atoms with E-state index in [1.54, 1.807) is 0 Å². The molecule has 0 radical (unpaired) electrons. The van der Waals surface area contributed by atoms with Gasteiger partial charge in [0, 0.05) is 17.5 Å². The van der Waals surface area contributed by atoms with E-state index < -0.39 is 0 Å². The van der Waals surface area contributed by atoms with E-state index in [-0.39, 0.29) is 24.0 Å². The molecule has 0 aliphatic carbocycles. The molecule has 3 atom stereocenters. The smallest absolute Gasteiger partial charge is 0.323 e. The second-order valence-electron chi connectivity index (χ2n) is 5.25. The maximum Gasteiger partial charge on any atom is 0.323 e. The minimum atomic E-state index is -0.351. The van der Waals surface area contributed by atoms with E-state index >= 15 is 0 Å². The first-order valence-corrected chi connectivity index (χ1v) is 7.08. The minimum absolute atomic E-state index is 0.0134. The molecule has 0 unspecified atom stereocenters. The Kier molecular flexibility index (Phi) is 5.20. The van der Waals surface area contributed by atoms with Crippen molar-refractivity contribution in [3.05, 3.63) is 46.3 Å². The second-order valence-corrected chi connectivity index (χ2v) is 5.25. The Morgan fingerprint density at radius 1 is 1.52 bits per heavy atom. The van der Waals surface area contributed by atoms with E-state index in [2.05, 4.69) is 34.0 Å². The molecular weight excluding hydrogens is 268 g/mol. The lowest BCUT2D eigenvalue weighted by molar-refractivity contribution is -0.148.